The van der Waals surface area contributed by atoms with Crippen LogP contribution in [0.5, 0.6) is 5.75 Å². The normalized spacial score (nSPS) is 11.5. The lowest BCUT2D eigenvalue weighted by Gasteiger charge is -2.14. The van der Waals surface area contributed by atoms with Crippen LogP contribution in [0.4, 0.5) is 11.4 Å². The maximum atomic E-state index is 10.8. The fraction of sp³-hybridized carbons (Fsp3) is 0. The molecule has 114 valence electrons. The summed E-state index contributed by atoms with van der Waals surface area (Å²) in [6, 6.07) is 20.7. The second kappa shape index (κ2) is 7.04. The van der Waals surface area contributed by atoms with Gasteiger partial charge < -0.3 is 20.2 Å². The number of rotatable bonds is 4. The predicted octanol–water partition coefficient (Wildman–Crippen LogP) is 3.92. The van der Waals surface area contributed by atoms with Gasteiger partial charge in [-0.2, -0.15) is 0 Å². The zero-order chi connectivity index (χ0) is 14.7. The molecule has 22 heavy (non-hydrogen) atoms. The van der Waals surface area contributed by atoms with Crippen LogP contribution in [0, 0.1) is 0 Å². The Bertz CT molecular complexity index is 789. The molecule has 0 amide bonds. The van der Waals surface area contributed by atoms with Gasteiger partial charge in [0.15, 0.2) is 0 Å². The molecule has 1 unspecified atom stereocenters. The van der Waals surface area contributed by atoms with Gasteiger partial charge in [0.1, 0.15) is 17.1 Å². The highest BCUT2D eigenvalue weighted by molar-refractivity contribution is 7.74. The van der Waals surface area contributed by atoms with Gasteiger partial charge in [0.05, 0.1) is 5.69 Å². The van der Waals surface area contributed by atoms with Crippen molar-refractivity contribution in [2.24, 2.45) is 0 Å². The highest BCUT2D eigenvalue weighted by atomic mass is 32.2. The van der Waals surface area contributed by atoms with Gasteiger partial charge in [-0.25, -0.2) is 4.21 Å². The highest BCUT2D eigenvalue weighted by Crippen LogP contribution is 2.34. The molecule has 0 aromatic heterocycles. The van der Waals surface area contributed by atoms with Crippen molar-refractivity contribution in [3.63, 3.8) is 0 Å². The van der Waals surface area contributed by atoms with E-state index in [4.69, 9.17) is 4.18 Å². The molecule has 0 aliphatic carbocycles. The molecule has 3 rings (SSSR count). The quantitative estimate of drug-likeness (QED) is 0.711. The van der Waals surface area contributed by atoms with Crippen molar-refractivity contribution in [2.45, 2.75) is 0 Å². The van der Waals surface area contributed by atoms with E-state index in [1.165, 1.54) is 0 Å². The highest BCUT2D eigenvalue weighted by Gasteiger charge is 2.08. The first kappa shape index (κ1) is 16.0. The molecule has 6 heteroatoms. The lowest BCUT2D eigenvalue weighted by atomic mass is 10.1. The van der Waals surface area contributed by atoms with Gasteiger partial charge in [-0.15, -0.1) is 0 Å². The van der Waals surface area contributed by atoms with Crippen LogP contribution >= 0.6 is 0 Å². The second-order valence-corrected chi connectivity index (χ2v) is 5.01. The Morgan fingerprint density at radius 1 is 0.909 bits per heavy atom. The van der Waals surface area contributed by atoms with Crippen LogP contribution in [0.1, 0.15) is 0 Å². The summed E-state index contributed by atoms with van der Waals surface area (Å²) in [7, 11) is 0. The Labute approximate surface area is 131 Å². The summed E-state index contributed by atoms with van der Waals surface area (Å²) in [5.74, 6) is 0.305. The van der Waals surface area contributed by atoms with E-state index >= 15 is 0 Å². The van der Waals surface area contributed by atoms with Crippen molar-refractivity contribution < 1.29 is 12.9 Å². The molecule has 0 spiro atoms. The van der Waals surface area contributed by atoms with Crippen LogP contribution in [0.2, 0.25) is 0 Å². The SMILES string of the molecule is N.O=S([O-])Oc1cccc2cccc(Nc3ccccc3)c12. The Morgan fingerprint density at radius 2 is 1.59 bits per heavy atom. The third-order valence-corrected chi connectivity index (χ3v) is 3.39. The summed E-state index contributed by atoms with van der Waals surface area (Å²) >= 11 is -2.61. The van der Waals surface area contributed by atoms with Gasteiger partial charge in [-0.3, -0.25) is 0 Å². The van der Waals surface area contributed by atoms with E-state index < -0.39 is 11.4 Å². The number of hydrogen-bond acceptors (Lipinski definition) is 5. The summed E-state index contributed by atoms with van der Waals surface area (Å²) < 4.78 is 26.6. The van der Waals surface area contributed by atoms with Crippen LogP contribution < -0.4 is 15.7 Å². The lowest BCUT2D eigenvalue weighted by Crippen LogP contribution is -2.00. The van der Waals surface area contributed by atoms with E-state index in [1.54, 1.807) is 12.1 Å². The lowest BCUT2D eigenvalue weighted by molar-refractivity contribution is 0.442. The molecular formula is C16H15N2O3S-. The van der Waals surface area contributed by atoms with Crippen molar-refractivity contribution in [1.29, 1.82) is 0 Å². The van der Waals surface area contributed by atoms with E-state index in [0.717, 1.165) is 22.1 Å². The van der Waals surface area contributed by atoms with Crippen LogP contribution in [0.25, 0.3) is 10.8 Å². The first-order valence-electron chi connectivity index (χ1n) is 6.35. The first-order chi connectivity index (χ1) is 10.2. The largest absolute Gasteiger partial charge is 0.740 e. The summed E-state index contributed by atoms with van der Waals surface area (Å²) in [5, 5.41) is 4.91. The molecule has 0 saturated heterocycles. The number of anilines is 2. The minimum Gasteiger partial charge on any atom is -0.740 e. The van der Waals surface area contributed by atoms with Crippen LogP contribution in [0.15, 0.2) is 66.7 Å². The molecule has 1 atom stereocenters. The molecule has 4 N–H and O–H groups in total. The Kier molecular flexibility index (Phi) is 5.11. The van der Waals surface area contributed by atoms with Crippen molar-refractivity contribution in [3.05, 3.63) is 66.7 Å². The summed E-state index contributed by atoms with van der Waals surface area (Å²) in [6.45, 7) is 0. The number of hydrogen-bond donors (Lipinski definition) is 2. The standard InChI is InChI=1S/C16H13NO3S.H3N/c18-21(19)20-15-11-5-7-12-6-4-10-14(16(12)15)17-13-8-2-1-3-9-13;/h1-11,17H,(H,18,19);1H3/p-1. The average Bonchev–Trinajstić information content (AvgIpc) is 2.48. The van der Waals surface area contributed by atoms with Crippen molar-refractivity contribution >= 4 is 33.5 Å². The van der Waals surface area contributed by atoms with Crippen LogP contribution in [-0.4, -0.2) is 8.76 Å². The van der Waals surface area contributed by atoms with Crippen LogP contribution in [0.3, 0.4) is 0 Å². The van der Waals surface area contributed by atoms with E-state index in [2.05, 4.69) is 5.32 Å². The van der Waals surface area contributed by atoms with Gasteiger partial charge >= 0.3 is 0 Å². The molecule has 0 aliphatic rings. The number of para-hydroxylation sites is 1. The summed E-state index contributed by atoms with van der Waals surface area (Å²) in [5.41, 5.74) is 1.71. The number of benzene rings is 3. The first-order valence-corrected chi connectivity index (χ1v) is 7.35. The fourth-order valence-corrected chi connectivity index (χ4v) is 2.52. The number of nitrogens with one attached hydrogen (secondary N) is 1. The molecule has 5 nitrogen and oxygen atoms in total. The maximum Gasteiger partial charge on any atom is 0.149 e. The molecule has 3 aromatic rings. The zero-order valence-electron chi connectivity index (χ0n) is 11.7. The summed E-state index contributed by atoms with van der Waals surface area (Å²) in [4.78, 5) is 0. The van der Waals surface area contributed by atoms with Crippen LogP contribution in [-0.2, 0) is 11.4 Å². The molecule has 0 bridgehead atoms. The van der Waals surface area contributed by atoms with E-state index in [1.807, 2.05) is 54.6 Å². The van der Waals surface area contributed by atoms with Gasteiger partial charge in [-0.1, -0.05) is 42.5 Å². The molecule has 0 fully saturated rings. The second-order valence-electron chi connectivity index (χ2n) is 4.44. The van der Waals surface area contributed by atoms with E-state index in [0.29, 0.717) is 5.75 Å². The zero-order valence-corrected chi connectivity index (χ0v) is 12.5. The van der Waals surface area contributed by atoms with Gasteiger partial charge in [0.25, 0.3) is 0 Å². The Morgan fingerprint density at radius 3 is 2.27 bits per heavy atom. The minimum atomic E-state index is -2.61. The van der Waals surface area contributed by atoms with Gasteiger partial charge in [0, 0.05) is 11.1 Å². The number of fused-ring (bicyclic) bond motifs is 1. The third kappa shape index (κ3) is 3.43. The van der Waals surface area contributed by atoms with E-state index in [9.17, 15) is 8.76 Å². The molecule has 3 aromatic carbocycles. The molecule has 0 saturated carbocycles. The average molecular weight is 315 g/mol. The van der Waals surface area contributed by atoms with Crippen molar-refractivity contribution in [1.82, 2.24) is 6.15 Å². The topological polar surface area (TPSA) is 96.4 Å². The van der Waals surface area contributed by atoms with Gasteiger partial charge in [-0.05, 0) is 29.7 Å². The molecular weight excluding hydrogens is 300 g/mol. The molecule has 0 radical (unpaired) electrons. The summed E-state index contributed by atoms with van der Waals surface area (Å²) in [6.07, 6.45) is 0. The third-order valence-electron chi connectivity index (χ3n) is 3.08. The van der Waals surface area contributed by atoms with Crippen molar-refractivity contribution in [3.8, 4) is 5.75 Å². The maximum absolute atomic E-state index is 10.8. The molecule has 0 heterocycles. The monoisotopic (exact) mass is 315 g/mol. The molecule has 0 aliphatic heterocycles. The Balaban J connectivity index is 0.00000176. The predicted molar refractivity (Wildman–Crippen MR) is 88.2 cm³/mol. The smallest absolute Gasteiger partial charge is 0.149 e. The van der Waals surface area contributed by atoms with E-state index in [-0.39, 0.29) is 6.15 Å². The van der Waals surface area contributed by atoms with Gasteiger partial charge in [0.2, 0.25) is 0 Å². The van der Waals surface area contributed by atoms with Crippen molar-refractivity contribution in [2.75, 3.05) is 5.32 Å². The Hall–Kier alpha value is -2.41. The fourth-order valence-electron chi connectivity index (χ4n) is 2.23. The minimum absolute atomic E-state index is 0.